The lowest BCUT2D eigenvalue weighted by Gasteiger charge is -2.34. The van der Waals surface area contributed by atoms with Gasteiger partial charge in [0.2, 0.25) is 0 Å². The summed E-state index contributed by atoms with van der Waals surface area (Å²) in [4.78, 5) is 25.4. The molecular weight excluding hydrogens is 422 g/mol. The van der Waals surface area contributed by atoms with E-state index in [9.17, 15) is 0 Å². The molecule has 7 rings (SSSR count). The highest BCUT2D eigenvalue weighted by atomic mass is 15.2. The van der Waals surface area contributed by atoms with Crippen molar-refractivity contribution < 1.29 is 0 Å². The van der Waals surface area contributed by atoms with Crippen LogP contribution >= 0.6 is 0 Å². The molecule has 0 amide bonds. The van der Waals surface area contributed by atoms with E-state index in [-0.39, 0.29) is 6.04 Å². The molecule has 5 heterocycles. The molecule has 2 aliphatic rings. The zero-order valence-electron chi connectivity index (χ0n) is 19.0. The number of aromatic nitrogens is 5. The number of hydrogen-bond donors (Lipinski definition) is 2. The first-order valence-corrected chi connectivity index (χ1v) is 12.3. The van der Waals surface area contributed by atoms with Crippen LogP contribution in [0.5, 0.6) is 0 Å². The van der Waals surface area contributed by atoms with Gasteiger partial charge in [0.25, 0.3) is 0 Å². The fourth-order valence-corrected chi connectivity index (χ4v) is 5.62. The first-order valence-electron chi connectivity index (χ1n) is 12.3. The number of piperidine rings is 1. The zero-order chi connectivity index (χ0) is 22.6. The number of nitrogens with one attached hydrogen (secondary N) is 1. The molecule has 1 saturated heterocycles. The highest BCUT2D eigenvalue weighted by Gasteiger charge is 2.28. The summed E-state index contributed by atoms with van der Waals surface area (Å²) in [5.74, 6) is 2.26. The molecule has 0 spiro atoms. The molecule has 1 unspecified atom stereocenters. The van der Waals surface area contributed by atoms with Gasteiger partial charge in [-0.25, -0.2) is 15.0 Å². The number of rotatable bonds is 3. The predicted molar refractivity (Wildman–Crippen MR) is 136 cm³/mol. The Kier molecular flexibility index (Phi) is 4.52. The third kappa shape index (κ3) is 3.07. The van der Waals surface area contributed by atoms with Crippen LogP contribution in [-0.2, 0) is 0 Å². The molecule has 7 heteroatoms. The fourth-order valence-electron chi connectivity index (χ4n) is 5.62. The van der Waals surface area contributed by atoms with Crippen LogP contribution in [0.3, 0.4) is 0 Å². The van der Waals surface area contributed by atoms with Crippen molar-refractivity contribution in [2.45, 2.75) is 44.1 Å². The van der Waals surface area contributed by atoms with Crippen LogP contribution in [0.25, 0.3) is 44.2 Å². The van der Waals surface area contributed by atoms with Gasteiger partial charge < -0.3 is 15.6 Å². The van der Waals surface area contributed by atoms with Gasteiger partial charge in [0.1, 0.15) is 11.5 Å². The SMILES string of the molecule is NC1CCCN(c2nc(-c3ccnc4[nH]c5ccccc5c34)nc3cncc(C4CCC4)c23)C1. The van der Waals surface area contributed by atoms with E-state index < -0.39 is 0 Å². The first-order chi connectivity index (χ1) is 16.8. The van der Waals surface area contributed by atoms with Gasteiger partial charge in [0.05, 0.1) is 11.7 Å². The van der Waals surface area contributed by atoms with E-state index in [2.05, 4.69) is 38.1 Å². The number of fused-ring (bicyclic) bond motifs is 4. The van der Waals surface area contributed by atoms with Gasteiger partial charge >= 0.3 is 0 Å². The normalized spacial score (nSPS) is 19.2. The van der Waals surface area contributed by atoms with Crippen molar-refractivity contribution in [2.24, 2.45) is 5.73 Å². The lowest BCUT2D eigenvalue weighted by atomic mass is 9.79. The lowest BCUT2D eigenvalue weighted by Crippen LogP contribution is -2.43. The van der Waals surface area contributed by atoms with Crippen molar-refractivity contribution in [3.05, 3.63) is 54.5 Å². The number of hydrogen-bond acceptors (Lipinski definition) is 6. The number of H-pyrrole nitrogens is 1. The summed E-state index contributed by atoms with van der Waals surface area (Å²) in [6.07, 6.45) is 11.6. The molecule has 7 nitrogen and oxygen atoms in total. The van der Waals surface area contributed by atoms with Crippen molar-refractivity contribution in [3.63, 3.8) is 0 Å². The van der Waals surface area contributed by atoms with Crippen LogP contribution < -0.4 is 10.6 Å². The molecule has 34 heavy (non-hydrogen) atoms. The maximum absolute atomic E-state index is 6.40. The van der Waals surface area contributed by atoms with E-state index in [4.69, 9.17) is 15.7 Å². The monoisotopic (exact) mass is 449 g/mol. The minimum atomic E-state index is 0.164. The van der Waals surface area contributed by atoms with Crippen LogP contribution in [0.4, 0.5) is 5.82 Å². The molecule has 170 valence electrons. The van der Waals surface area contributed by atoms with Gasteiger partial charge in [-0.3, -0.25) is 4.98 Å². The van der Waals surface area contributed by atoms with Gasteiger partial charge in [0, 0.05) is 58.8 Å². The molecule has 3 N–H and O–H groups in total. The van der Waals surface area contributed by atoms with Gasteiger partial charge in [-0.05, 0) is 49.3 Å². The Morgan fingerprint density at radius 2 is 1.88 bits per heavy atom. The Morgan fingerprint density at radius 1 is 0.971 bits per heavy atom. The fraction of sp³-hybridized carbons (Fsp3) is 0.333. The molecule has 2 fully saturated rings. The maximum Gasteiger partial charge on any atom is 0.163 e. The Labute approximate surface area is 197 Å². The van der Waals surface area contributed by atoms with Crippen LogP contribution in [0.15, 0.2) is 48.9 Å². The molecule has 1 saturated carbocycles. The highest BCUT2D eigenvalue weighted by molar-refractivity contribution is 6.12. The Morgan fingerprint density at radius 3 is 2.74 bits per heavy atom. The molecular formula is C27H27N7. The molecule has 4 aromatic heterocycles. The molecule has 1 aliphatic heterocycles. The summed E-state index contributed by atoms with van der Waals surface area (Å²) in [5, 5.41) is 3.34. The minimum absolute atomic E-state index is 0.164. The summed E-state index contributed by atoms with van der Waals surface area (Å²) >= 11 is 0. The van der Waals surface area contributed by atoms with Crippen molar-refractivity contribution in [2.75, 3.05) is 18.0 Å². The molecule has 0 radical (unpaired) electrons. The lowest BCUT2D eigenvalue weighted by molar-refractivity contribution is 0.421. The number of para-hydroxylation sites is 1. The summed E-state index contributed by atoms with van der Waals surface area (Å²) in [6, 6.07) is 10.5. The second-order valence-electron chi connectivity index (χ2n) is 9.72. The van der Waals surface area contributed by atoms with E-state index in [0.29, 0.717) is 11.7 Å². The average Bonchev–Trinajstić information content (AvgIpc) is 3.21. The summed E-state index contributed by atoms with van der Waals surface area (Å²) < 4.78 is 0. The smallest absolute Gasteiger partial charge is 0.163 e. The van der Waals surface area contributed by atoms with E-state index in [1.165, 1.54) is 24.8 Å². The van der Waals surface area contributed by atoms with Gasteiger partial charge in [-0.1, -0.05) is 24.6 Å². The number of benzene rings is 1. The topological polar surface area (TPSA) is 96.6 Å². The summed E-state index contributed by atoms with van der Waals surface area (Å²) in [6.45, 7) is 1.78. The standard InChI is InChI=1S/C27H27N7/c28-17-7-4-12-34(15-17)27-24-20(16-5-3-6-16)13-29-14-22(24)32-25(33-27)19-10-11-30-26-23(19)18-8-1-2-9-21(18)31-26/h1-2,8-11,13-14,16-17H,3-7,12,15,28H2,(H,30,31). The maximum atomic E-state index is 6.40. The second kappa shape index (κ2) is 7.74. The molecule has 1 aromatic carbocycles. The number of aromatic amines is 1. The van der Waals surface area contributed by atoms with Gasteiger partial charge in [-0.15, -0.1) is 0 Å². The third-order valence-corrected chi connectivity index (χ3v) is 7.56. The number of anilines is 1. The van der Waals surface area contributed by atoms with E-state index >= 15 is 0 Å². The Balaban J connectivity index is 1.50. The summed E-state index contributed by atoms with van der Waals surface area (Å²) in [7, 11) is 0. The number of nitrogens with two attached hydrogens (primary N) is 1. The summed E-state index contributed by atoms with van der Waals surface area (Å²) in [5.41, 5.74) is 11.5. The van der Waals surface area contributed by atoms with Crippen LogP contribution in [-0.4, -0.2) is 44.1 Å². The number of nitrogens with zero attached hydrogens (tertiary/aromatic N) is 5. The van der Waals surface area contributed by atoms with E-state index in [1.54, 1.807) is 0 Å². The predicted octanol–water partition coefficient (Wildman–Crippen LogP) is 4.92. The minimum Gasteiger partial charge on any atom is -0.354 e. The molecule has 1 atom stereocenters. The second-order valence-corrected chi connectivity index (χ2v) is 9.72. The largest absolute Gasteiger partial charge is 0.354 e. The third-order valence-electron chi connectivity index (χ3n) is 7.56. The van der Waals surface area contributed by atoms with Crippen LogP contribution in [0.2, 0.25) is 0 Å². The van der Waals surface area contributed by atoms with Crippen LogP contribution in [0, 0.1) is 0 Å². The van der Waals surface area contributed by atoms with Crippen LogP contribution in [0.1, 0.15) is 43.6 Å². The van der Waals surface area contributed by atoms with Gasteiger partial charge in [0.15, 0.2) is 5.82 Å². The Hall–Kier alpha value is -3.58. The van der Waals surface area contributed by atoms with Crippen molar-refractivity contribution in [1.29, 1.82) is 0 Å². The average molecular weight is 450 g/mol. The van der Waals surface area contributed by atoms with Crippen molar-refractivity contribution >= 4 is 38.7 Å². The molecule has 0 bridgehead atoms. The molecule has 5 aromatic rings. The number of pyridine rings is 2. The highest BCUT2D eigenvalue weighted by Crippen LogP contribution is 2.42. The zero-order valence-corrected chi connectivity index (χ0v) is 19.0. The van der Waals surface area contributed by atoms with Crippen molar-refractivity contribution in [1.82, 2.24) is 24.9 Å². The van der Waals surface area contributed by atoms with Gasteiger partial charge in [-0.2, -0.15) is 0 Å². The van der Waals surface area contributed by atoms with E-state index in [1.807, 2.05) is 30.7 Å². The Bertz CT molecular complexity index is 1530. The van der Waals surface area contributed by atoms with Crippen molar-refractivity contribution in [3.8, 4) is 11.4 Å². The quantitative estimate of drug-likeness (QED) is 0.406. The van der Waals surface area contributed by atoms with E-state index in [0.717, 1.165) is 70.2 Å². The molecule has 1 aliphatic carbocycles. The first kappa shape index (κ1) is 19.9.